The van der Waals surface area contributed by atoms with Crippen molar-refractivity contribution < 1.29 is 13.6 Å². The maximum absolute atomic E-state index is 13.2. The minimum atomic E-state index is -0.561. The summed E-state index contributed by atoms with van der Waals surface area (Å²) in [7, 11) is 0. The van der Waals surface area contributed by atoms with Gasteiger partial charge >= 0.3 is 0 Å². The number of pyridine rings is 1. The van der Waals surface area contributed by atoms with Gasteiger partial charge in [-0.1, -0.05) is 12.1 Å². The van der Waals surface area contributed by atoms with Crippen LogP contribution in [0.5, 0.6) is 0 Å². The highest BCUT2D eigenvalue weighted by Crippen LogP contribution is 2.14. The molecule has 20 heavy (non-hydrogen) atoms. The number of aromatic nitrogens is 1. The van der Waals surface area contributed by atoms with Crippen molar-refractivity contribution in [3.63, 3.8) is 0 Å². The van der Waals surface area contributed by atoms with Crippen molar-refractivity contribution in [1.29, 1.82) is 0 Å². The number of amides is 1. The Labute approximate surface area is 115 Å². The van der Waals surface area contributed by atoms with Gasteiger partial charge in [0.05, 0.1) is 17.5 Å². The quantitative estimate of drug-likeness (QED) is 0.933. The molecule has 0 unspecified atom stereocenters. The Bertz CT molecular complexity index is 612. The molecule has 0 bridgehead atoms. The normalized spacial score (nSPS) is 10.3. The van der Waals surface area contributed by atoms with Gasteiger partial charge in [-0.05, 0) is 30.7 Å². The Kier molecular flexibility index (Phi) is 4.40. The maximum Gasteiger partial charge on any atom is 0.253 e. The Balaban J connectivity index is 2.31. The van der Waals surface area contributed by atoms with E-state index in [4.69, 9.17) is 0 Å². The van der Waals surface area contributed by atoms with Crippen molar-refractivity contribution in [2.75, 3.05) is 6.54 Å². The SMILES string of the molecule is CCNC(=O)c1cc(F)cnc1Cc1ccc(F)cc1. The first-order valence-corrected chi connectivity index (χ1v) is 6.27. The summed E-state index contributed by atoms with van der Waals surface area (Å²) >= 11 is 0. The van der Waals surface area contributed by atoms with Crippen LogP contribution in [-0.4, -0.2) is 17.4 Å². The molecule has 2 aromatic rings. The maximum atomic E-state index is 13.2. The van der Waals surface area contributed by atoms with Crippen molar-refractivity contribution in [3.05, 3.63) is 65.0 Å². The van der Waals surface area contributed by atoms with Gasteiger partial charge in [0, 0.05) is 13.0 Å². The van der Waals surface area contributed by atoms with Crippen LogP contribution in [0, 0.1) is 11.6 Å². The second kappa shape index (κ2) is 6.23. The molecule has 104 valence electrons. The number of rotatable bonds is 4. The largest absolute Gasteiger partial charge is 0.352 e. The van der Waals surface area contributed by atoms with E-state index < -0.39 is 5.82 Å². The van der Waals surface area contributed by atoms with E-state index in [2.05, 4.69) is 10.3 Å². The lowest BCUT2D eigenvalue weighted by Gasteiger charge is -2.09. The number of hydrogen-bond acceptors (Lipinski definition) is 2. The fraction of sp³-hybridized carbons (Fsp3) is 0.200. The first kappa shape index (κ1) is 14.1. The lowest BCUT2D eigenvalue weighted by molar-refractivity contribution is 0.0954. The summed E-state index contributed by atoms with van der Waals surface area (Å²) in [6, 6.07) is 7.07. The number of halogens is 2. The molecule has 0 fully saturated rings. The average molecular weight is 276 g/mol. The van der Waals surface area contributed by atoms with E-state index in [0.717, 1.165) is 17.8 Å². The molecule has 2 rings (SSSR count). The molecule has 0 spiro atoms. The Hall–Kier alpha value is -2.30. The Morgan fingerprint density at radius 2 is 1.90 bits per heavy atom. The number of carbonyl (C=O) groups is 1. The zero-order chi connectivity index (χ0) is 14.5. The van der Waals surface area contributed by atoms with E-state index in [1.54, 1.807) is 19.1 Å². The molecule has 1 N–H and O–H groups in total. The van der Waals surface area contributed by atoms with Crippen LogP contribution in [0.4, 0.5) is 8.78 Å². The molecule has 0 saturated heterocycles. The second-order valence-corrected chi connectivity index (χ2v) is 4.31. The fourth-order valence-corrected chi connectivity index (χ4v) is 1.86. The van der Waals surface area contributed by atoms with Gasteiger partial charge in [-0.3, -0.25) is 9.78 Å². The molecule has 0 aliphatic carbocycles. The molecule has 0 aliphatic rings. The number of hydrogen-bond donors (Lipinski definition) is 1. The summed E-state index contributed by atoms with van der Waals surface area (Å²) in [6.45, 7) is 2.23. The van der Waals surface area contributed by atoms with Crippen LogP contribution < -0.4 is 5.32 Å². The molecule has 0 saturated carbocycles. The predicted molar refractivity (Wildman–Crippen MR) is 71.4 cm³/mol. The highest BCUT2D eigenvalue weighted by molar-refractivity contribution is 5.95. The number of nitrogens with zero attached hydrogens (tertiary/aromatic N) is 1. The van der Waals surface area contributed by atoms with Crippen LogP contribution in [0.3, 0.4) is 0 Å². The van der Waals surface area contributed by atoms with Crippen molar-refractivity contribution in [1.82, 2.24) is 10.3 Å². The van der Waals surface area contributed by atoms with Gasteiger partial charge in [-0.25, -0.2) is 8.78 Å². The fourth-order valence-electron chi connectivity index (χ4n) is 1.86. The van der Waals surface area contributed by atoms with Gasteiger partial charge in [-0.2, -0.15) is 0 Å². The highest BCUT2D eigenvalue weighted by Gasteiger charge is 2.13. The highest BCUT2D eigenvalue weighted by atomic mass is 19.1. The van der Waals surface area contributed by atoms with Crippen LogP contribution in [-0.2, 0) is 6.42 Å². The van der Waals surface area contributed by atoms with E-state index in [0.29, 0.717) is 18.7 Å². The second-order valence-electron chi connectivity index (χ2n) is 4.31. The molecule has 3 nitrogen and oxygen atoms in total. The van der Waals surface area contributed by atoms with Crippen LogP contribution >= 0.6 is 0 Å². The summed E-state index contributed by atoms with van der Waals surface area (Å²) < 4.78 is 26.1. The van der Waals surface area contributed by atoms with E-state index in [-0.39, 0.29) is 17.3 Å². The Morgan fingerprint density at radius 3 is 2.55 bits per heavy atom. The standard InChI is InChI=1S/C15H14F2N2O/c1-2-18-15(20)13-8-12(17)9-19-14(13)7-10-3-5-11(16)6-4-10/h3-6,8-9H,2,7H2,1H3,(H,18,20). The smallest absolute Gasteiger partial charge is 0.253 e. The zero-order valence-electron chi connectivity index (χ0n) is 11.0. The third-order valence-corrected chi connectivity index (χ3v) is 2.80. The van der Waals surface area contributed by atoms with Gasteiger partial charge in [0.2, 0.25) is 0 Å². The molecule has 5 heteroatoms. The minimum absolute atomic E-state index is 0.205. The lowest BCUT2D eigenvalue weighted by atomic mass is 10.0. The molecule has 1 aromatic heterocycles. The van der Waals surface area contributed by atoms with Crippen LogP contribution in [0.2, 0.25) is 0 Å². The molecule has 1 amide bonds. The molecule has 1 aromatic carbocycles. The summed E-state index contributed by atoms with van der Waals surface area (Å²) in [6.07, 6.45) is 1.41. The van der Waals surface area contributed by atoms with Crippen molar-refractivity contribution in [3.8, 4) is 0 Å². The minimum Gasteiger partial charge on any atom is -0.352 e. The molecular weight excluding hydrogens is 262 g/mol. The zero-order valence-corrected chi connectivity index (χ0v) is 11.0. The third-order valence-electron chi connectivity index (χ3n) is 2.80. The van der Waals surface area contributed by atoms with Crippen LogP contribution in [0.1, 0.15) is 28.5 Å². The first-order chi connectivity index (χ1) is 9.60. The van der Waals surface area contributed by atoms with Gasteiger partial charge in [0.25, 0.3) is 5.91 Å². The average Bonchev–Trinajstić information content (AvgIpc) is 2.43. The Morgan fingerprint density at radius 1 is 1.20 bits per heavy atom. The lowest BCUT2D eigenvalue weighted by Crippen LogP contribution is -2.24. The number of nitrogens with one attached hydrogen (secondary N) is 1. The summed E-state index contributed by atoms with van der Waals surface area (Å²) in [5.41, 5.74) is 1.47. The van der Waals surface area contributed by atoms with E-state index in [1.807, 2.05) is 0 Å². The van der Waals surface area contributed by atoms with Crippen molar-refractivity contribution in [2.45, 2.75) is 13.3 Å². The molecule has 0 atom stereocenters. The summed E-state index contributed by atoms with van der Waals surface area (Å²) in [5.74, 6) is -1.25. The van der Waals surface area contributed by atoms with E-state index in [9.17, 15) is 13.6 Å². The molecule has 0 radical (unpaired) electrons. The summed E-state index contributed by atoms with van der Waals surface area (Å²) in [4.78, 5) is 15.9. The number of carbonyl (C=O) groups excluding carboxylic acids is 1. The molecular formula is C15H14F2N2O. The van der Waals surface area contributed by atoms with E-state index >= 15 is 0 Å². The van der Waals surface area contributed by atoms with Crippen molar-refractivity contribution in [2.24, 2.45) is 0 Å². The monoisotopic (exact) mass is 276 g/mol. The third kappa shape index (κ3) is 3.38. The van der Waals surface area contributed by atoms with Crippen LogP contribution in [0.25, 0.3) is 0 Å². The van der Waals surface area contributed by atoms with Gasteiger partial charge < -0.3 is 5.32 Å². The molecule has 1 heterocycles. The summed E-state index contributed by atoms with van der Waals surface area (Å²) in [5, 5.41) is 2.62. The molecule has 0 aliphatic heterocycles. The van der Waals surface area contributed by atoms with E-state index in [1.165, 1.54) is 12.1 Å². The van der Waals surface area contributed by atoms with Crippen LogP contribution in [0.15, 0.2) is 36.5 Å². The predicted octanol–water partition coefficient (Wildman–Crippen LogP) is 2.70. The first-order valence-electron chi connectivity index (χ1n) is 6.27. The number of benzene rings is 1. The van der Waals surface area contributed by atoms with Gasteiger partial charge in [0.1, 0.15) is 11.6 Å². The van der Waals surface area contributed by atoms with Gasteiger partial charge in [-0.15, -0.1) is 0 Å². The van der Waals surface area contributed by atoms with Crippen molar-refractivity contribution >= 4 is 5.91 Å². The van der Waals surface area contributed by atoms with Gasteiger partial charge in [0.15, 0.2) is 0 Å². The topological polar surface area (TPSA) is 42.0 Å².